The van der Waals surface area contributed by atoms with Gasteiger partial charge in [0.15, 0.2) is 0 Å². The molecule has 0 saturated heterocycles. The van der Waals surface area contributed by atoms with E-state index in [0.29, 0.717) is 13.0 Å². The van der Waals surface area contributed by atoms with Crippen molar-refractivity contribution in [2.75, 3.05) is 38.6 Å². The Kier molecular flexibility index (Phi) is 10.0. The van der Waals surface area contributed by atoms with Crippen molar-refractivity contribution in [3.8, 4) is 0 Å². The van der Waals surface area contributed by atoms with Crippen molar-refractivity contribution >= 4 is 17.7 Å². The first-order valence-electron chi connectivity index (χ1n) is 10.9. The third-order valence-electron chi connectivity index (χ3n) is 5.44. The molecule has 30 heavy (non-hydrogen) atoms. The number of anilines is 1. The van der Waals surface area contributed by atoms with Crippen molar-refractivity contribution in [1.29, 1.82) is 0 Å². The molecule has 0 saturated carbocycles. The van der Waals surface area contributed by atoms with Gasteiger partial charge >= 0.3 is 5.97 Å². The van der Waals surface area contributed by atoms with Crippen molar-refractivity contribution in [3.63, 3.8) is 0 Å². The molecule has 2 atom stereocenters. The lowest BCUT2D eigenvalue weighted by Crippen LogP contribution is -2.43. The van der Waals surface area contributed by atoms with Crippen LogP contribution in [0.5, 0.6) is 0 Å². The molecule has 1 amide bonds. The molecule has 0 aromatic carbocycles. The van der Waals surface area contributed by atoms with Crippen LogP contribution in [-0.4, -0.2) is 72.3 Å². The van der Waals surface area contributed by atoms with E-state index in [1.807, 2.05) is 6.92 Å². The smallest absolute Gasteiger partial charge is 0.326 e. The molecule has 0 spiro atoms. The van der Waals surface area contributed by atoms with Crippen molar-refractivity contribution in [3.05, 3.63) is 23.4 Å². The Morgan fingerprint density at radius 1 is 1.33 bits per heavy atom. The van der Waals surface area contributed by atoms with E-state index in [2.05, 4.69) is 27.7 Å². The third-order valence-corrected chi connectivity index (χ3v) is 5.44. The lowest BCUT2D eigenvalue weighted by Gasteiger charge is -2.26. The Labute approximate surface area is 179 Å². The highest BCUT2D eigenvalue weighted by atomic mass is 16.5. The molecule has 2 heterocycles. The topological polar surface area (TPSA) is 104 Å². The Hall–Kier alpha value is -2.19. The number of pyridine rings is 1. The van der Waals surface area contributed by atoms with E-state index in [9.17, 15) is 14.7 Å². The number of carboxylic acids is 1. The van der Waals surface area contributed by atoms with Gasteiger partial charge in [0, 0.05) is 39.4 Å². The van der Waals surface area contributed by atoms with Gasteiger partial charge < -0.3 is 25.4 Å². The molecule has 0 radical (unpaired) electrons. The molecule has 2 rings (SSSR count). The molecule has 0 fully saturated rings. The lowest BCUT2D eigenvalue weighted by atomic mass is 10.1. The number of hydrogen-bond donors (Lipinski definition) is 3. The van der Waals surface area contributed by atoms with E-state index in [0.717, 1.165) is 63.3 Å². The number of aryl methyl sites for hydroxylation is 2. The molecule has 168 valence electrons. The van der Waals surface area contributed by atoms with Crippen LogP contribution in [0, 0.1) is 0 Å². The molecule has 1 aliphatic heterocycles. The molecular formula is C22H36N4O4. The van der Waals surface area contributed by atoms with Crippen LogP contribution >= 0.6 is 0 Å². The molecule has 1 aromatic rings. The quantitative estimate of drug-likeness (QED) is 0.420. The normalized spacial score (nSPS) is 15.2. The molecule has 0 bridgehead atoms. The van der Waals surface area contributed by atoms with Gasteiger partial charge in [0.25, 0.3) is 0 Å². The zero-order valence-electron chi connectivity index (χ0n) is 18.4. The van der Waals surface area contributed by atoms with Gasteiger partial charge in [0.05, 0.1) is 6.10 Å². The maximum Gasteiger partial charge on any atom is 0.326 e. The zero-order valence-corrected chi connectivity index (χ0v) is 18.4. The second-order valence-electron chi connectivity index (χ2n) is 8.02. The van der Waals surface area contributed by atoms with Crippen molar-refractivity contribution < 1.29 is 19.4 Å². The number of rotatable bonds is 13. The fourth-order valence-corrected chi connectivity index (χ4v) is 3.70. The molecule has 8 heteroatoms. The summed E-state index contributed by atoms with van der Waals surface area (Å²) in [5, 5.41) is 15.2. The number of aromatic nitrogens is 1. The number of methoxy groups -OCH3 is 1. The highest BCUT2D eigenvalue weighted by molar-refractivity contribution is 5.82. The van der Waals surface area contributed by atoms with Crippen LogP contribution in [0.3, 0.4) is 0 Å². The average molecular weight is 421 g/mol. The van der Waals surface area contributed by atoms with Gasteiger partial charge in [-0.15, -0.1) is 0 Å². The summed E-state index contributed by atoms with van der Waals surface area (Å²) in [6, 6.07) is 3.45. The van der Waals surface area contributed by atoms with Gasteiger partial charge in [-0.2, -0.15) is 0 Å². The third kappa shape index (κ3) is 8.28. The van der Waals surface area contributed by atoms with Crippen LogP contribution in [0.15, 0.2) is 12.1 Å². The van der Waals surface area contributed by atoms with E-state index in [4.69, 9.17) is 9.72 Å². The minimum absolute atomic E-state index is 0.0578. The summed E-state index contributed by atoms with van der Waals surface area (Å²) >= 11 is 0. The number of amides is 1. The standard InChI is InChI=1S/C22H36N4O4/c1-16(30-3)15-26(14-11-20(22(28)29)24-17(2)27)13-5-4-8-19-10-9-18-7-6-12-23-21(18)25-19/h9-10,16,20H,4-8,11-15H2,1-3H3,(H,23,25)(H,24,27)(H,28,29). The van der Waals surface area contributed by atoms with Crippen LogP contribution < -0.4 is 10.6 Å². The summed E-state index contributed by atoms with van der Waals surface area (Å²) in [5.74, 6) is -0.296. The SMILES string of the molecule is COC(C)CN(CCCCc1ccc2c(n1)NCCC2)CCC(NC(C)=O)C(=O)O. The monoisotopic (exact) mass is 420 g/mol. The van der Waals surface area contributed by atoms with Crippen LogP contribution in [0.1, 0.15) is 50.8 Å². The summed E-state index contributed by atoms with van der Waals surface area (Å²) in [4.78, 5) is 29.6. The van der Waals surface area contributed by atoms with E-state index in [-0.39, 0.29) is 12.0 Å². The number of ether oxygens (including phenoxy) is 1. The average Bonchev–Trinajstić information content (AvgIpc) is 2.73. The fourth-order valence-electron chi connectivity index (χ4n) is 3.70. The van der Waals surface area contributed by atoms with Crippen molar-refractivity contribution in [1.82, 2.24) is 15.2 Å². The molecule has 2 unspecified atom stereocenters. The number of hydrogen-bond acceptors (Lipinski definition) is 6. The molecular weight excluding hydrogens is 384 g/mol. The maximum atomic E-state index is 11.4. The van der Waals surface area contributed by atoms with E-state index < -0.39 is 12.0 Å². The summed E-state index contributed by atoms with van der Waals surface area (Å²) in [6.45, 7) is 6.50. The Morgan fingerprint density at radius 2 is 2.13 bits per heavy atom. The summed E-state index contributed by atoms with van der Waals surface area (Å²) in [7, 11) is 1.68. The molecule has 1 aliphatic rings. The number of carbonyl (C=O) groups is 2. The van der Waals surface area contributed by atoms with E-state index >= 15 is 0 Å². The van der Waals surface area contributed by atoms with Gasteiger partial charge in [-0.3, -0.25) is 4.79 Å². The van der Waals surface area contributed by atoms with Gasteiger partial charge in [-0.05, 0) is 63.6 Å². The predicted molar refractivity (Wildman–Crippen MR) is 117 cm³/mol. The van der Waals surface area contributed by atoms with Gasteiger partial charge in [0.1, 0.15) is 11.9 Å². The molecule has 3 N–H and O–H groups in total. The Bertz CT molecular complexity index is 698. The molecule has 0 aliphatic carbocycles. The number of fused-ring (bicyclic) bond motifs is 1. The molecule has 8 nitrogen and oxygen atoms in total. The van der Waals surface area contributed by atoms with Gasteiger partial charge in [0.2, 0.25) is 5.91 Å². The summed E-state index contributed by atoms with van der Waals surface area (Å²) in [6.07, 6.45) is 5.60. The summed E-state index contributed by atoms with van der Waals surface area (Å²) < 4.78 is 5.38. The fraction of sp³-hybridized carbons (Fsp3) is 0.682. The highest BCUT2D eigenvalue weighted by Crippen LogP contribution is 2.20. The van der Waals surface area contributed by atoms with Crippen LogP contribution in [0.2, 0.25) is 0 Å². The van der Waals surface area contributed by atoms with Crippen molar-refractivity contribution in [2.24, 2.45) is 0 Å². The summed E-state index contributed by atoms with van der Waals surface area (Å²) in [5.41, 5.74) is 2.41. The molecule has 1 aromatic heterocycles. The van der Waals surface area contributed by atoms with Crippen molar-refractivity contribution in [2.45, 2.75) is 64.5 Å². The zero-order chi connectivity index (χ0) is 21.9. The van der Waals surface area contributed by atoms with Gasteiger partial charge in [-0.1, -0.05) is 6.07 Å². The largest absolute Gasteiger partial charge is 0.480 e. The number of carboxylic acid groups (broad SMARTS) is 1. The first-order valence-corrected chi connectivity index (χ1v) is 10.9. The van der Waals surface area contributed by atoms with Gasteiger partial charge in [-0.25, -0.2) is 9.78 Å². The lowest BCUT2D eigenvalue weighted by molar-refractivity contribution is -0.141. The first-order chi connectivity index (χ1) is 14.4. The second-order valence-corrected chi connectivity index (χ2v) is 8.02. The Balaban J connectivity index is 1.82. The second kappa shape index (κ2) is 12.5. The Morgan fingerprint density at radius 3 is 2.83 bits per heavy atom. The number of carbonyl (C=O) groups excluding carboxylic acids is 1. The first kappa shape index (κ1) is 24.1. The maximum absolute atomic E-state index is 11.4. The van der Waals surface area contributed by atoms with E-state index in [1.165, 1.54) is 12.5 Å². The van der Waals surface area contributed by atoms with Crippen LogP contribution in [0.4, 0.5) is 5.82 Å². The van der Waals surface area contributed by atoms with E-state index in [1.54, 1.807) is 7.11 Å². The minimum atomic E-state index is -1.00. The number of unbranched alkanes of at least 4 members (excludes halogenated alkanes) is 1. The highest BCUT2D eigenvalue weighted by Gasteiger charge is 2.20. The minimum Gasteiger partial charge on any atom is -0.480 e. The van der Waals surface area contributed by atoms with Crippen LogP contribution in [-0.2, 0) is 27.2 Å². The number of nitrogens with zero attached hydrogens (tertiary/aromatic N) is 2. The number of aliphatic carboxylic acids is 1. The predicted octanol–water partition coefficient (Wildman–Crippen LogP) is 2.08. The number of nitrogens with one attached hydrogen (secondary N) is 2. The van der Waals surface area contributed by atoms with Crippen LogP contribution in [0.25, 0.3) is 0 Å².